The molecular formula is C13H24N6O2. The predicted octanol–water partition coefficient (Wildman–Crippen LogP) is -0.327. The molecule has 3 N–H and O–H groups in total. The van der Waals surface area contributed by atoms with Gasteiger partial charge in [-0.3, -0.25) is 9.59 Å². The van der Waals surface area contributed by atoms with Crippen LogP contribution in [0, 0.1) is 0 Å². The summed E-state index contributed by atoms with van der Waals surface area (Å²) in [5.41, 5.74) is 6.51. The minimum atomic E-state index is -0.205. The fourth-order valence-electron chi connectivity index (χ4n) is 1.65. The number of likely N-dealkylation sites (N-methyl/N-ethyl adjacent to an activating group) is 1. The zero-order chi connectivity index (χ0) is 15.8. The summed E-state index contributed by atoms with van der Waals surface area (Å²) in [6.07, 6.45) is 3.28. The van der Waals surface area contributed by atoms with Crippen molar-refractivity contribution in [3.8, 4) is 0 Å². The van der Waals surface area contributed by atoms with Crippen LogP contribution in [0.25, 0.3) is 0 Å². The van der Waals surface area contributed by atoms with Crippen LogP contribution in [0.5, 0.6) is 0 Å². The van der Waals surface area contributed by atoms with Gasteiger partial charge in [0.2, 0.25) is 11.8 Å². The molecule has 8 nitrogen and oxygen atoms in total. The third kappa shape index (κ3) is 5.50. The summed E-state index contributed by atoms with van der Waals surface area (Å²) in [6.45, 7) is 4.62. The molecule has 1 atom stereocenters. The number of aromatic nitrogens is 3. The van der Waals surface area contributed by atoms with Crippen LogP contribution in [-0.4, -0.2) is 51.8 Å². The third-order valence-corrected chi connectivity index (χ3v) is 3.05. The molecule has 0 saturated heterocycles. The fraction of sp³-hybridized carbons (Fsp3) is 0.692. The number of amides is 2. The lowest BCUT2D eigenvalue weighted by Crippen LogP contribution is -2.40. The van der Waals surface area contributed by atoms with E-state index in [1.807, 2.05) is 13.8 Å². The van der Waals surface area contributed by atoms with Crippen LogP contribution in [-0.2, 0) is 16.1 Å². The first-order chi connectivity index (χ1) is 9.97. The van der Waals surface area contributed by atoms with Gasteiger partial charge in [-0.05, 0) is 12.8 Å². The predicted molar refractivity (Wildman–Crippen MR) is 78.2 cm³/mol. The minimum absolute atomic E-state index is 0.0366. The highest BCUT2D eigenvalue weighted by molar-refractivity contribution is 5.84. The van der Waals surface area contributed by atoms with Gasteiger partial charge in [-0.25, -0.2) is 4.68 Å². The molecule has 0 aliphatic heterocycles. The molecule has 0 radical (unpaired) electrons. The van der Waals surface area contributed by atoms with Gasteiger partial charge in [0.05, 0.1) is 24.5 Å². The van der Waals surface area contributed by atoms with E-state index in [0.717, 1.165) is 12.8 Å². The summed E-state index contributed by atoms with van der Waals surface area (Å²) in [5, 5.41) is 10.5. The minimum Gasteiger partial charge on any atom is -0.355 e. The Balaban J connectivity index is 2.48. The van der Waals surface area contributed by atoms with Crippen molar-refractivity contribution < 1.29 is 9.59 Å². The van der Waals surface area contributed by atoms with E-state index in [1.165, 1.54) is 9.58 Å². The van der Waals surface area contributed by atoms with E-state index in [-0.39, 0.29) is 30.9 Å². The number of hydrogen-bond donors (Lipinski definition) is 2. The molecule has 0 spiro atoms. The lowest BCUT2D eigenvalue weighted by atomic mass is 10.2. The second-order valence-electron chi connectivity index (χ2n) is 4.96. The molecule has 118 valence electrons. The molecule has 1 aromatic heterocycles. The molecule has 8 heteroatoms. The molecule has 0 bridgehead atoms. The molecular weight excluding hydrogens is 272 g/mol. The SMILES string of the molecule is CCCNC(=O)CN(C)C(=O)Cn1cc(C(N)CC)nn1. The normalized spacial score (nSPS) is 12.0. The van der Waals surface area contributed by atoms with Crippen molar-refractivity contribution in [1.29, 1.82) is 0 Å². The van der Waals surface area contributed by atoms with Crippen LogP contribution in [0.1, 0.15) is 38.4 Å². The summed E-state index contributed by atoms with van der Waals surface area (Å²) in [4.78, 5) is 24.9. The molecule has 1 rings (SSSR count). The summed E-state index contributed by atoms with van der Waals surface area (Å²) in [7, 11) is 1.59. The van der Waals surface area contributed by atoms with Gasteiger partial charge in [-0.1, -0.05) is 19.1 Å². The Bertz CT molecular complexity index is 473. The van der Waals surface area contributed by atoms with Crippen LogP contribution in [0.3, 0.4) is 0 Å². The maximum atomic E-state index is 12.0. The molecule has 0 fully saturated rings. The van der Waals surface area contributed by atoms with Crippen LogP contribution >= 0.6 is 0 Å². The summed E-state index contributed by atoms with van der Waals surface area (Å²) in [6, 6.07) is -0.175. The number of carbonyl (C=O) groups is 2. The van der Waals surface area contributed by atoms with Crippen molar-refractivity contribution in [2.75, 3.05) is 20.1 Å². The first kappa shape index (κ1) is 17.1. The quantitative estimate of drug-likeness (QED) is 0.683. The topological polar surface area (TPSA) is 106 Å². The maximum absolute atomic E-state index is 12.0. The van der Waals surface area contributed by atoms with E-state index >= 15 is 0 Å². The largest absolute Gasteiger partial charge is 0.355 e. The van der Waals surface area contributed by atoms with Gasteiger partial charge in [0.1, 0.15) is 6.54 Å². The zero-order valence-electron chi connectivity index (χ0n) is 12.9. The fourth-order valence-corrected chi connectivity index (χ4v) is 1.65. The van der Waals surface area contributed by atoms with Crippen molar-refractivity contribution in [3.05, 3.63) is 11.9 Å². The molecule has 1 unspecified atom stereocenters. The van der Waals surface area contributed by atoms with Crippen molar-refractivity contribution >= 4 is 11.8 Å². The average Bonchev–Trinajstić information content (AvgIpc) is 2.92. The number of carbonyl (C=O) groups excluding carboxylic acids is 2. The number of rotatable bonds is 8. The lowest BCUT2D eigenvalue weighted by Gasteiger charge is -2.16. The van der Waals surface area contributed by atoms with Gasteiger partial charge in [0, 0.05) is 13.6 Å². The number of nitrogens with zero attached hydrogens (tertiary/aromatic N) is 4. The van der Waals surface area contributed by atoms with E-state index in [4.69, 9.17) is 5.73 Å². The number of nitrogens with one attached hydrogen (secondary N) is 1. The Kier molecular flexibility index (Phi) is 6.80. The van der Waals surface area contributed by atoms with Crippen molar-refractivity contribution in [2.24, 2.45) is 5.73 Å². The molecule has 1 heterocycles. The van der Waals surface area contributed by atoms with Crippen molar-refractivity contribution in [1.82, 2.24) is 25.2 Å². The highest BCUT2D eigenvalue weighted by Crippen LogP contribution is 2.08. The van der Waals surface area contributed by atoms with E-state index in [2.05, 4.69) is 15.6 Å². The first-order valence-electron chi connectivity index (χ1n) is 7.14. The Morgan fingerprint density at radius 1 is 1.48 bits per heavy atom. The average molecular weight is 296 g/mol. The van der Waals surface area contributed by atoms with Crippen LogP contribution in [0.15, 0.2) is 6.20 Å². The molecule has 0 aliphatic rings. The first-order valence-corrected chi connectivity index (χ1v) is 7.14. The number of hydrogen-bond acceptors (Lipinski definition) is 5. The molecule has 0 aromatic carbocycles. The third-order valence-electron chi connectivity index (χ3n) is 3.05. The van der Waals surface area contributed by atoms with Crippen molar-refractivity contribution in [3.63, 3.8) is 0 Å². The second kappa shape index (κ2) is 8.35. The van der Waals surface area contributed by atoms with Gasteiger partial charge in [-0.15, -0.1) is 5.10 Å². The monoisotopic (exact) mass is 296 g/mol. The van der Waals surface area contributed by atoms with Crippen molar-refractivity contribution in [2.45, 2.75) is 39.3 Å². The van der Waals surface area contributed by atoms with E-state index < -0.39 is 0 Å². The standard InChI is InChI=1S/C13H24N6O2/c1-4-6-15-12(20)8-18(3)13(21)9-19-7-11(16-17-19)10(14)5-2/h7,10H,4-6,8-9,14H2,1-3H3,(H,15,20). The highest BCUT2D eigenvalue weighted by atomic mass is 16.2. The Morgan fingerprint density at radius 2 is 2.19 bits per heavy atom. The summed E-state index contributed by atoms with van der Waals surface area (Å²) < 4.78 is 1.44. The molecule has 21 heavy (non-hydrogen) atoms. The molecule has 1 aromatic rings. The van der Waals surface area contributed by atoms with E-state index in [9.17, 15) is 9.59 Å². The molecule has 0 saturated carbocycles. The highest BCUT2D eigenvalue weighted by Gasteiger charge is 2.15. The van der Waals surface area contributed by atoms with Crippen LogP contribution in [0.4, 0.5) is 0 Å². The smallest absolute Gasteiger partial charge is 0.244 e. The van der Waals surface area contributed by atoms with Crippen LogP contribution in [0.2, 0.25) is 0 Å². The summed E-state index contributed by atoms with van der Waals surface area (Å²) in [5.74, 6) is -0.372. The van der Waals surface area contributed by atoms with Gasteiger partial charge < -0.3 is 16.0 Å². The van der Waals surface area contributed by atoms with E-state index in [0.29, 0.717) is 12.2 Å². The van der Waals surface area contributed by atoms with Gasteiger partial charge >= 0.3 is 0 Å². The van der Waals surface area contributed by atoms with Gasteiger partial charge in [-0.2, -0.15) is 0 Å². The Hall–Kier alpha value is -1.96. The number of nitrogens with two attached hydrogens (primary N) is 1. The van der Waals surface area contributed by atoms with E-state index in [1.54, 1.807) is 13.2 Å². The van der Waals surface area contributed by atoms with Crippen LogP contribution < -0.4 is 11.1 Å². The molecule has 2 amide bonds. The molecule has 0 aliphatic carbocycles. The van der Waals surface area contributed by atoms with Gasteiger partial charge in [0.15, 0.2) is 0 Å². The lowest BCUT2D eigenvalue weighted by molar-refractivity contribution is -0.135. The zero-order valence-corrected chi connectivity index (χ0v) is 12.9. The summed E-state index contributed by atoms with van der Waals surface area (Å²) >= 11 is 0. The second-order valence-corrected chi connectivity index (χ2v) is 4.96. The maximum Gasteiger partial charge on any atom is 0.244 e. The Labute approximate surface area is 124 Å². The Morgan fingerprint density at radius 3 is 2.81 bits per heavy atom. The van der Waals surface area contributed by atoms with Gasteiger partial charge in [0.25, 0.3) is 0 Å².